The molecular formula is C18H18N2O2. The van der Waals surface area contributed by atoms with Gasteiger partial charge in [-0.25, -0.2) is 0 Å². The Kier molecular flexibility index (Phi) is 3.94. The predicted molar refractivity (Wildman–Crippen MR) is 88.2 cm³/mol. The standard InChI is InChI=1S/C18H18N2O2/c1-22-17-7-4-12(8-9-19)11-15(17)13-5-6-16(21)18-14(13)3-2-10-20-18/h2-7,10-11,21H,8-9,19H2,1H3. The molecule has 0 aliphatic rings. The van der Waals surface area contributed by atoms with Gasteiger partial charge in [0.25, 0.3) is 0 Å². The highest BCUT2D eigenvalue weighted by molar-refractivity contribution is 5.98. The van der Waals surface area contributed by atoms with E-state index in [4.69, 9.17) is 10.5 Å². The van der Waals surface area contributed by atoms with Gasteiger partial charge in [-0.15, -0.1) is 0 Å². The minimum atomic E-state index is 0.177. The van der Waals surface area contributed by atoms with E-state index >= 15 is 0 Å². The van der Waals surface area contributed by atoms with Crippen LogP contribution in [0.2, 0.25) is 0 Å². The molecule has 1 heterocycles. The van der Waals surface area contributed by atoms with Crippen LogP contribution in [-0.4, -0.2) is 23.7 Å². The van der Waals surface area contributed by atoms with E-state index in [2.05, 4.69) is 11.1 Å². The van der Waals surface area contributed by atoms with E-state index in [1.54, 1.807) is 19.4 Å². The van der Waals surface area contributed by atoms with Gasteiger partial charge in [0.2, 0.25) is 0 Å². The Morgan fingerprint density at radius 2 is 2.00 bits per heavy atom. The number of nitrogens with zero attached hydrogens (tertiary/aromatic N) is 1. The maximum atomic E-state index is 10.00. The first-order chi connectivity index (χ1) is 10.7. The van der Waals surface area contributed by atoms with Crippen LogP contribution >= 0.6 is 0 Å². The summed E-state index contributed by atoms with van der Waals surface area (Å²) in [7, 11) is 1.66. The van der Waals surface area contributed by atoms with Crippen LogP contribution in [-0.2, 0) is 6.42 Å². The average Bonchev–Trinajstić information content (AvgIpc) is 2.56. The zero-order valence-electron chi connectivity index (χ0n) is 12.4. The van der Waals surface area contributed by atoms with Crippen LogP contribution in [0, 0.1) is 0 Å². The highest BCUT2D eigenvalue weighted by Gasteiger charge is 2.12. The lowest BCUT2D eigenvalue weighted by Gasteiger charge is -2.13. The minimum absolute atomic E-state index is 0.177. The first kappa shape index (κ1) is 14.4. The second-order valence-electron chi connectivity index (χ2n) is 5.11. The van der Waals surface area contributed by atoms with E-state index in [0.29, 0.717) is 12.1 Å². The third kappa shape index (κ3) is 2.49. The van der Waals surface area contributed by atoms with Crippen LogP contribution in [0.15, 0.2) is 48.7 Å². The highest BCUT2D eigenvalue weighted by Crippen LogP contribution is 2.37. The van der Waals surface area contributed by atoms with Gasteiger partial charge in [0.05, 0.1) is 7.11 Å². The van der Waals surface area contributed by atoms with Gasteiger partial charge in [0.15, 0.2) is 0 Å². The number of aromatic nitrogens is 1. The molecule has 2 aromatic carbocycles. The summed E-state index contributed by atoms with van der Waals surface area (Å²) in [6.45, 7) is 0.601. The molecule has 0 atom stereocenters. The fourth-order valence-electron chi connectivity index (χ4n) is 2.68. The number of methoxy groups -OCH3 is 1. The van der Waals surface area contributed by atoms with Gasteiger partial charge >= 0.3 is 0 Å². The number of pyridine rings is 1. The summed E-state index contributed by atoms with van der Waals surface area (Å²) in [4.78, 5) is 4.27. The van der Waals surface area contributed by atoms with Gasteiger partial charge in [0, 0.05) is 17.1 Å². The van der Waals surface area contributed by atoms with Crippen molar-refractivity contribution in [3.63, 3.8) is 0 Å². The molecule has 0 fully saturated rings. The summed E-state index contributed by atoms with van der Waals surface area (Å²) >= 11 is 0. The van der Waals surface area contributed by atoms with E-state index in [1.807, 2.05) is 30.3 Å². The van der Waals surface area contributed by atoms with Crippen molar-refractivity contribution in [3.8, 4) is 22.6 Å². The number of hydrogen-bond acceptors (Lipinski definition) is 4. The van der Waals surface area contributed by atoms with Crippen molar-refractivity contribution in [2.24, 2.45) is 5.73 Å². The lowest BCUT2D eigenvalue weighted by molar-refractivity contribution is 0.416. The molecule has 3 rings (SSSR count). The van der Waals surface area contributed by atoms with Crippen molar-refractivity contribution in [1.82, 2.24) is 4.98 Å². The van der Waals surface area contributed by atoms with Crippen LogP contribution in [0.25, 0.3) is 22.0 Å². The second kappa shape index (κ2) is 6.03. The van der Waals surface area contributed by atoms with E-state index < -0.39 is 0 Å². The van der Waals surface area contributed by atoms with Crippen LogP contribution in [0.3, 0.4) is 0 Å². The Balaban J connectivity index is 2.27. The van der Waals surface area contributed by atoms with E-state index in [-0.39, 0.29) is 5.75 Å². The molecule has 3 N–H and O–H groups in total. The minimum Gasteiger partial charge on any atom is -0.506 e. The van der Waals surface area contributed by atoms with Crippen molar-refractivity contribution in [3.05, 3.63) is 54.2 Å². The van der Waals surface area contributed by atoms with Gasteiger partial charge in [0.1, 0.15) is 17.0 Å². The topological polar surface area (TPSA) is 68.4 Å². The fourth-order valence-corrected chi connectivity index (χ4v) is 2.68. The molecule has 0 radical (unpaired) electrons. The monoisotopic (exact) mass is 294 g/mol. The molecule has 0 aliphatic heterocycles. The Morgan fingerprint density at radius 3 is 2.77 bits per heavy atom. The maximum Gasteiger partial charge on any atom is 0.141 e. The average molecular weight is 294 g/mol. The van der Waals surface area contributed by atoms with Gasteiger partial charge in [-0.1, -0.05) is 12.1 Å². The Hall–Kier alpha value is -2.59. The van der Waals surface area contributed by atoms with Crippen molar-refractivity contribution >= 4 is 10.9 Å². The number of phenols is 1. The summed E-state index contributed by atoms with van der Waals surface area (Å²) < 4.78 is 5.50. The lowest BCUT2D eigenvalue weighted by Crippen LogP contribution is -2.03. The van der Waals surface area contributed by atoms with Gasteiger partial charge in [-0.3, -0.25) is 4.98 Å². The molecule has 1 aromatic heterocycles. The summed E-state index contributed by atoms with van der Waals surface area (Å²) in [5, 5.41) is 10.9. The highest BCUT2D eigenvalue weighted by atomic mass is 16.5. The first-order valence-electron chi connectivity index (χ1n) is 7.18. The first-order valence-corrected chi connectivity index (χ1v) is 7.18. The fraction of sp³-hybridized carbons (Fsp3) is 0.167. The van der Waals surface area contributed by atoms with Crippen LogP contribution < -0.4 is 10.5 Å². The molecule has 0 unspecified atom stereocenters. The smallest absolute Gasteiger partial charge is 0.141 e. The Labute approximate surface area is 129 Å². The molecule has 0 aliphatic carbocycles. The number of rotatable bonds is 4. The van der Waals surface area contributed by atoms with Gasteiger partial charge < -0.3 is 15.6 Å². The van der Waals surface area contributed by atoms with Crippen molar-refractivity contribution in [1.29, 1.82) is 0 Å². The number of fused-ring (bicyclic) bond motifs is 1. The van der Waals surface area contributed by atoms with Crippen molar-refractivity contribution < 1.29 is 9.84 Å². The number of benzene rings is 2. The van der Waals surface area contributed by atoms with E-state index in [9.17, 15) is 5.11 Å². The molecule has 0 bridgehead atoms. The second-order valence-corrected chi connectivity index (χ2v) is 5.11. The molecule has 0 amide bonds. The lowest BCUT2D eigenvalue weighted by atomic mass is 9.97. The quantitative estimate of drug-likeness (QED) is 0.775. The van der Waals surface area contributed by atoms with Crippen LogP contribution in [0.4, 0.5) is 0 Å². The van der Waals surface area contributed by atoms with Gasteiger partial charge in [-0.2, -0.15) is 0 Å². The number of ether oxygens (including phenoxy) is 1. The molecular weight excluding hydrogens is 276 g/mol. The number of phenolic OH excluding ortho intramolecular Hbond substituents is 1. The van der Waals surface area contributed by atoms with Crippen LogP contribution in [0.5, 0.6) is 11.5 Å². The molecule has 3 aromatic rings. The normalized spacial score (nSPS) is 10.8. The number of aromatic hydroxyl groups is 1. The summed E-state index contributed by atoms with van der Waals surface area (Å²) in [6.07, 6.45) is 2.49. The third-order valence-electron chi connectivity index (χ3n) is 3.74. The SMILES string of the molecule is COc1ccc(CCN)cc1-c1ccc(O)c2ncccc12. The van der Waals surface area contributed by atoms with Crippen LogP contribution in [0.1, 0.15) is 5.56 Å². The predicted octanol–water partition coefficient (Wildman–Crippen LogP) is 3.12. The zero-order valence-corrected chi connectivity index (χ0v) is 12.4. The molecule has 0 saturated heterocycles. The summed E-state index contributed by atoms with van der Waals surface area (Å²) in [6, 6.07) is 13.4. The number of nitrogens with two attached hydrogens (primary N) is 1. The molecule has 0 spiro atoms. The molecule has 22 heavy (non-hydrogen) atoms. The summed E-state index contributed by atoms with van der Waals surface area (Å²) in [5.41, 5.74) is 9.36. The molecule has 112 valence electrons. The van der Waals surface area contributed by atoms with E-state index in [1.165, 1.54) is 0 Å². The van der Waals surface area contributed by atoms with Gasteiger partial charge in [-0.05, 0) is 54.4 Å². The zero-order chi connectivity index (χ0) is 15.5. The Bertz CT molecular complexity index is 815. The van der Waals surface area contributed by atoms with Crippen molar-refractivity contribution in [2.45, 2.75) is 6.42 Å². The van der Waals surface area contributed by atoms with Crippen molar-refractivity contribution in [2.75, 3.05) is 13.7 Å². The molecule has 4 nitrogen and oxygen atoms in total. The summed E-state index contributed by atoms with van der Waals surface area (Å²) in [5.74, 6) is 0.966. The number of hydrogen-bond donors (Lipinski definition) is 2. The largest absolute Gasteiger partial charge is 0.506 e. The Morgan fingerprint density at radius 1 is 1.14 bits per heavy atom. The maximum absolute atomic E-state index is 10.00. The molecule has 4 heteroatoms. The third-order valence-corrected chi connectivity index (χ3v) is 3.74. The van der Waals surface area contributed by atoms with E-state index in [0.717, 1.165) is 34.2 Å². The molecule has 0 saturated carbocycles.